The molecule has 27 heavy (non-hydrogen) atoms. The number of thiocarbonyl (C=S) groups is 1. The van der Waals surface area contributed by atoms with E-state index in [2.05, 4.69) is 48.7 Å². The van der Waals surface area contributed by atoms with Crippen molar-refractivity contribution in [3.63, 3.8) is 0 Å². The standard InChI is InChI=1S/C23H24N2OS/c1-3-17(2)18-13-15-19(16-14-18)24-23(27)25-21-11-7-8-12-22(21)26-20-9-5-4-6-10-20/h4-17H,3H2,1-2H3,(H2,24,25,27). The van der Waals surface area contributed by atoms with E-state index in [0.717, 1.165) is 29.3 Å². The summed E-state index contributed by atoms with van der Waals surface area (Å²) in [5.41, 5.74) is 3.11. The van der Waals surface area contributed by atoms with Crippen molar-refractivity contribution >= 4 is 28.7 Å². The molecule has 1 atom stereocenters. The zero-order chi connectivity index (χ0) is 19.1. The molecular formula is C23H24N2OS. The van der Waals surface area contributed by atoms with Crippen LogP contribution in [0.5, 0.6) is 11.5 Å². The van der Waals surface area contributed by atoms with Gasteiger partial charge in [-0.25, -0.2) is 0 Å². The normalized spacial score (nSPS) is 11.5. The summed E-state index contributed by atoms with van der Waals surface area (Å²) in [7, 11) is 0. The van der Waals surface area contributed by atoms with Gasteiger partial charge in [0.2, 0.25) is 0 Å². The third-order valence-electron chi connectivity index (χ3n) is 4.46. The molecule has 138 valence electrons. The van der Waals surface area contributed by atoms with E-state index < -0.39 is 0 Å². The molecule has 3 aromatic rings. The average molecular weight is 377 g/mol. The summed E-state index contributed by atoms with van der Waals surface area (Å²) >= 11 is 5.47. The molecule has 3 aromatic carbocycles. The van der Waals surface area contributed by atoms with Crippen molar-refractivity contribution < 1.29 is 4.74 Å². The zero-order valence-electron chi connectivity index (χ0n) is 15.6. The van der Waals surface area contributed by atoms with Crippen molar-refractivity contribution in [2.45, 2.75) is 26.2 Å². The third-order valence-corrected chi connectivity index (χ3v) is 4.66. The Bertz CT molecular complexity index is 878. The van der Waals surface area contributed by atoms with Crippen LogP contribution in [-0.2, 0) is 0 Å². The summed E-state index contributed by atoms with van der Waals surface area (Å²) in [6, 6.07) is 25.8. The number of ether oxygens (including phenoxy) is 1. The van der Waals surface area contributed by atoms with Crippen molar-refractivity contribution in [3.05, 3.63) is 84.4 Å². The van der Waals surface area contributed by atoms with Crippen molar-refractivity contribution in [1.29, 1.82) is 0 Å². The highest BCUT2D eigenvalue weighted by atomic mass is 32.1. The molecule has 0 spiro atoms. The molecular weight excluding hydrogens is 352 g/mol. The first-order valence-electron chi connectivity index (χ1n) is 9.15. The van der Waals surface area contributed by atoms with Crippen molar-refractivity contribution in [1.82, 2.24) is 0 Å². The predicted molar refractivity (Wildman–Crippen MR) is 118 cm³/mol. The molecule has 0 bridgehead atoms. The molecule has 0 fully saturated rings. The van der Waals surface area contributed by atoms with E-state index in [0.29, 0.717) is 11.0 Å². The Morgan fingerprint density at radius 3 is 2.26 bits per heavy atom. The lowest BCUT2D eigenvalue weighted by Gasteiger charge is -2.15. The first-order chi connectivity index (χ1) is 13.2. The summed E-state index contributed by atoms with van der Waals surface area (Å²) in [4.78, 5) is 0. The van der Waals surface area contributed by atoms with Gasteiger partial charge in [-0.05, 0) is 66.5 Å². The van der Waals surface area contributed by atoms with Crippen LogP contribution in [0.4, 0.5) is 11.4 Å². The monoisotopic (exact) mass is 376 g/mol. The molecule has 0 aromatic heterocycles. The second-order valence-corrected chi connectivity index (χ2v) is 6.83. The van der Waals surface area contributed by atoms with E-state index in [1.165, 1.54) is 5.56 Å². The van der Waals surface area contributed by atoms with Crippen LogP contribution in [0.2, 0.25) is 0 Å². The quantitative estimate of drug-likeness (QED) is 0.463. The summed E-state index contributed by atoms with van der Waals surface area (Å²) in [5, 5.41) is 6.98. The van der Waals surface area contributed by atoms with Crippen LogP contribution in [0.1, 0.15) is 31.7 Å². The Labute approximate surface area is 166 Å². The van der Waals surface area contributed by atoms with Gasteiger partial charge in [0.1, 0.15) is 5.75 Å². The average Bonchev–Trinajstić information content (AvgIpc) is 2.70. The minimum atomic E-state index is 0.524. The lowest BCUT2D eigenvalue weighted by Crippen LogP contribution is -2.19. The van der Waals surface area contributed by atoms with Gasteiger partial charge in [-0.3, -0.25) is 0 Å². The van der Waals surface area contributed by atoms with Crippen LogP contribution in [0.25, 0.3) is 0 Å². The number of hydrogen-bond acceptors (Lipinski definition) is 2. The van der Waals surface area contributed by atoms with Gasteiger partial charge in [0, 0.05) is 5.69 Å². The van der Waals surface area contributed by atoms with Crippen LogP contribution in [0, 0.1) is 0 Å². The van der Waals surface area contributed by atoms with Gasteiger partial charge in [0.15, 0.2) is 10.9 Å². The molecule has 0 amide bonds. The number of hydrogen-bond donors (Lipinski definition) is 2. The molecule has 4 heteroatoms. The largest absolute Gasteiger partial charge is 0.455 e. The van der Waals surface area contributed by atoms with E-state index >= 15 is 0 Å². The Hall–Kier alpha value is -2.85. The molecule has 0 aliphatic rings. The fraction of sp³-hybridized carbons (Fsp3) is 0.174. The second kappa shape index (κ2) is 9.19. The second-order valence-electron chi connectivity index (χ2n) is 6.42. The number of anilines is 2. The molecule has 0 aliphatic carbocycles. The molecule has 1 unspecified atom stereocenters. The van der Waals surface area contributed by atoms with E-state index in [1.807, 2.05) is 54.6 Å². The van der Waals surface area contributed by atoms with Gasteiger partial charge in [-0.2, -0.15) is 0 Å². The van der Waals surface area contributed by atoms with Crippen molar-refractivity contribution in [3.8, 4) is 11.5 Å². The first-order valence-corrected chi connectivity index (χ1v) is 9.56. The molecule has 0 saturated carbocycles. The van der Waals surface area contributed by atoms with Crippen molar-refractivity contribution in [2.75, 3.05) is 10.6 Å². The van der Waals surface area contributed by atoms with Gasteiger partial charge in [-0.15, -0.1) is 0 Å². The Balaban J connectivity index is 1.66. The summed E-state index contributed by atoms with van der Waals surface area (Å²) in [5.74, 6) is 2.07. The summed E-state index contributed by atoms with van der Waals surface area (Å²) < 4.78 is 5.97. The zero-order valence-corrected chi connectivity index (χ0v) is 16.4. The molecule has 3 nitrogen and oxygen atoms in total. The fourth-order valence-corrected chi connectivity index (χ4v) is 2.92. The smallest absolute Gasteiger partial charge is 0.175 e. The highest BCUT2D eigenvalue weighted by Crippen LogP contribution is 2.29. The highest BCUT2D eigenvalue weighted by Gasteiger charge is 2.07. The SMILES string of the molecule is CCC(C)c1ccc(NC(=S)Nc2ccccc2Oc2ccccc2)cc1. The molecule has 0 aliphatic heterocycles. The van der Waals surface area contributed by atoms with Crippen LogP contribution in [0.15, 0.2) is 78.9 Å². The molecule has 0 radical (unpaired) electrons. The van der Waals surface area contributed by atoms with Crippen LogP contribution in [-0.4, -0.2) is 5.11 Å². The van der Waals surface area contributed by atoms with E-state index in [4.69, 9.17) is 17.0 Å². The van der Waals surface area contributed by atoms with E-state index in [1.54, 1.807) is 0 Å². The van der Waals surface area contributed by atoms with Gasteiger partial charge in [-0.1, -0.05) is 56.3 Å². The molecule has 2 N–H and O–H groups in total. The summed E-state index contributed by atoms with van der Waals surface area (Å²) in [6.07, 6.45) is 1.13. The topological polar surface area (TPSA) is 33.3 Å². The minimum Gasteiger partial charge on any atom is -0.455 e. The van der Waals surface area contributed by atoms with E-state index in [-0.39, 0.29) is 0 Å². The van der Waals surface area contributed by atoms with Gasteiger partial charge >= 0.3 is 0 Å². The summed E-state index contributed by atoms with van der Waals surface area (Å²) in [6.45, 7) is 4.43. The van der Waals surface area contributed by atoms with Crippen molar-refractivity contribution in [2.24, 2.45) is 0 Å². The van der Waals surface area contributed by atoms with Crippen LogP contribution >= 0.6 is 12.2 Å². The molecule has 0 heterocycles. The van der Waals surface area contributed by atoms with E-state index in [9.17, 15) is 0 Å². The maximum atomic E-state index is 5.97. The predicted octanol–water partition coefficient (Wildman–Crippen LogP) is 6.80. The van der Waals surface area contributed by atoms with Crippen LogP contribution < -0.4 is 15.4 Å². The fourth-order valence-electron chi connectivity index (χ4n) is 2.69. The first kappa shape index (κ1) is 18.9. The van der Waals surface area contributed by atoms with Gasteiger partial charge in [0.05, 0.1) is 5.69 Å². The molecule has 3 rings (SSSR count). The Morgan fingerprint density at radius 2 is 1.56 bits per heavy atom. The lowest BCUT2D eigenvalue weighted by molar-refractivity contribution is 0.485. The number of benzene rings is 3. The number of para-hydroxylation sites is 3. The maximum Gasteiger partial charge on any atom is 0.175 e. The van der Waals surface area contributed by atoms with Crippen LogP contribution in [0.3, 0.4) is 0 Å². The number of nitrogens with one attached hydrogen (secondary N) is 2. The van der Waals surface area contributed by atoms with Gasteiger partial charge in [0.25, 0.3) is 0 Å². The molecule has 0 saturated heterocycles. The maximum absolute atomic E-state index is 5.97. The highest BCUT2D eigenvalue weighted by molar-refractivity contribution is 7.80. The Kier molecular flexibility index (Phi) is 6.44. The lowest BCUT2D eigenvalue weighted by atomic mass is 9.99. The third kappa shape index (κ3) is 5.31. The Morgan fingerprint density at radius 1 is 0.889 bits per heavy atom. The minimum absolute atomic E-state index is 0.524. The number of rotatable bonds is 6. The van der Waals surface area contributed by atoms with Gasteiger partial charge < -0.3 is 15.4 Å².